The molecule has 1 aromatic carbocycles. The fraction of sp³-hybridized carbons (Fsp3) is 0.621. The number of aromatic hydroxyl groups is 1. The SMILES string of the molecule is CN(C)C1C(=O)C(C(N)=O)C(=O)C2(O)C(=O)C3C(=O)c4c(O)cc(CN5CCCCCCC5)c(Cl)c4CC3CC12. The normalized spacial score (nSPS) is 33.2. The monoisotopic (exact) mass is 573 g/mol. The summed E-state index contributed by atoms with van der Waals surface area (Å²) in [5.74, 6) is -10.6. The number of benzene rings is 1. The number of carbonyl (C=O) groups excluding carboxylic acids is 5. The molecule has 6 atom stereocenters. The molecule has 2 saturated carbocycles. The van der Waals surface area contributed by atoms with E-state index in [2.05, 4.69) is 4.90 Å². The van der Waals surface area contributed by atoms with E-state index in [0.717, 1.165) is 38.8 Å². The van der Waals surface area contributed by atoms with Crippen molar-refractivity contribution in [2.75, 3.05) is 27.2 Å². The molecule has 0 spiro atoms. The topological polar surface area (TPSA) is 158 Å². The van der Waals surface area contributed by atoms with Crippen molar-refractivity contribution in [3.8, 4) is 5.75 Å². The Hall–Kier alpha value is -2.66. The average molecular weight is 574 g/mol. The van der Waals surface area contributed by atoms with Crippen LogP contribution in [-0.2, 0) is 32.1 Å². The van der Waals surface area contributed by atoms with Gasteiger partial charge in [0, 0.05) is 17.5 Å². The number of fused-ring (bicyclic) bond motifs is 3. The fourth-order valence-electron chi connectivity index (χ4n) is 7.53. The lowest BCUT2D eigenvalue weighted by molar-refractivity contribution is -0.181. The van der Waals surface area contributed by atoms with Crippen molar-refractivity contribution in [3.05, 3.63) is 27.8 Å². The maximum atomic E-state index is 13.9. The Bertz CT molecular complexity index is 1290. The van der Waals surface area contributed by atoms with Crippen LogP contribution in [-0.4, -0.2) is 87.9 Å². The molecule has 0 aromatic heterocycles. The van der Waals surface area contributed by atoms with E-state index in [1.54, 1.807) is 14.1 Å². The van der Waals surface area contributed by atoms with E-state index in [4.69, 9.17) is 17.3 Å². The predicted molar refractivity (Wildman–Crippen MR) is 145 cm³/mol. The Kier molecular flexibility index (Phi) is 7.67. The van der Waals surface area contributed by atoms with Crippen molar-refractivity contribution in [1.82, 2.24) is 9.80 Å². The van der Waals surface area contributed by atoms with E-state index in [-0.39, 0.29) is 24.2 Å². The van der Waals surface area contributed by atoms with Crippen LogP contribution in [0, 0.1) is 23.7 Å². The molecule has 3 fully saturated rings. The largest absolute Gasteiger partial charge is 0.507 e. The van der Waals surface area contributed by atoms with Gasteiger partial charge in [-0.2, -0.15) is 0 Å². The van der Waals surface area contributed by atoms with Gasteiger partial charge in [0.15, 0.2) is 34.7 Å². The maximum absolute atomic E-state index is 13.9. The summed E-state index contributed by atoms with van der Waals surface area (Å²) in [5, 5.41) is 23.0. The third kappa shape index (κ3) is 4.40. The number of phenols is 1. The van der Waals surface area contributed by atoms with Crippen LogP contribution < -0.4 is 5.73 Å². The molecule has 11 heteroatoms. The minimum atomic E-state index is -2.73. The summed E-state index contributed by atoms with van der Waals surface area (Å²) < 4.78 is 0. The highest BCUT2D eigenvalue weighted by molar-refractivity contribution is 6.34. The van der Waals surface area contributed by atoms with Gasteiger partial charge in [0.1, 0.15) is 5.75 Å². The highest BCUT2D eigenvalue weighted by atomic mass is 35.5. The molecule has 4 aliphatic rings. The number of rotatable bonds is 4. The first-order valence-corrected chi connectivity index (χ1v) is 14.4. The summed E-state index contributed by atoms with van der Waals surface area (Å²) in [4.78, 5) is 70.1. The van der Waals surface area contributed by atoms with Crippen molar-refractivity contribution < 1.29 is 34.2 Å². The lowest BCUT2D eigenvalue weighted by Gasteiger charge is -2.52. The van der Waals surface area contributed by atoms with Crippen molar-refractivity contribution in [2.24, 2.45) is 29.4 Å². The molecule has 1 saturated heterocycles. The van der Waals surface area contributed by atoms with Crippen LogP contribution in [0.2, 0.25) is 5.02 Å². The first-order valence-electron chi connectivity index (χ1n) is 14.0. The second kappa shape index (κ2) is 10.6. The van der Waals surface area contributed by atoms with Crippen molar-refractivity contribution in [1.29, 1.82) is 0 Å². The molecule has 40 heavy (non-hydrogen) atoms. The summed E-state index contributed by atoms with van der Waals surface area (Å²) >= 11 is 6.88. The maximum Gasteiger partial charge on any atom is 0.235 e. The lowest BCUT2D eigenvalue weighted by Crippen LogP contribution is -2.74. The quantitative estimate of drug-likeness (QED) is 0.451. The third-order valence-electron chi connectivity index (χ3n) is 9.41. The average Bonchev–Trinajstić information content (AvgIpc) is 2.85. The molecule has 1 aromatic rings. The Labute approximate surface area is 237 Å². The minimum Gasteiger partial charge on any atom is -0.507 e. The first-order chi connectivity index (χ1) is 18.9. The Morgan fingerprint density at radius 2 is 1.73 bits per heavy atom. The zero-order valence-electron chi connectivity index (χ0n) is 22.8. The second-order valence-corrected chi connectivity index (χ2v) is 12.4. The van der Waals surface area contributed by atoms with Gasteiger partial charge in [0.25, 0.3) is 0 Å². The molecule has 3 aliphatic carbocycles. The number of likely N-dealkylation sites (N-methyl/N-ethyl adjacent to an activating group) is 1. The molecule has 216 valence electrons. The van der Waals surface area contributed by atoms with Gasteiger partial charge in [-0.1, -0.05) is 30.9 Å². The third-order valence-corrected chi connectivity index (χ3v) is 9.88. The van der Waals surface area contributed by atoms with Gasteiger partial charge < -0.3 is 15.9 Å². The molecule has 1 aliphatic heterocycles. The number of amides is 1. The number of primary amides is 1. The van der Waals surface area contributed by atoms with Crippen LogP contribution in [0.3, 0.4) is 0 Å². The van der Waals surface area contributed by atoms with Crippen LogP contribution in [0.5, 0.6) is 5.75 Å². The number of nitrogens with two attached hydrogens (primary N) is 1. The minimum absolute atomic E-state index is 0.00264. The number of phenolic OH excluding ortho intramolecular Hbond substituents is 1. The first kappa shape index (κ1) is 28.9. The zero-order chi connectivity index (χ0) is 29.1. The smallest absolute Gasteiger partial charge is 0.235 e. The van der Waals surface area contributed by atoms with Crippen LogP contribution >= 0.6 is 11.6 Å². The van der Waals surface area contributed by atoms with Crippen LogP contribution in [0.15, 0.2) is 6.07 Å². The Morgan fingerprint density at radius 3 is 2.33 bits per heavy atom. The standard InChI is InChI=1S/C29H36ClN3O7/c1-32(2)23-17-11-14-10-16-20(18(34)12-15(22(16)30)13-33-8-6-4-3-5-7-9-33)24(35)19(14)26(37)29(17,40)27(38)21(25(23)36)28(31)39/h12,14,17,19,21,23,34,40H,3-11,13H2,1-2H3,(H2,31,39). The molecule has 1 amide bonds. The molecule has 0 bridgehead atoms. The van der Waals surface area contributed by atoms with Crippen molar-refractivity contribution in [3.63, 3.8) is 0 Å². The van der Waals surface area contributed by atoms with E-state index in [0.29, 0.717) is 22.7 Å². The van der Waals surface area contributed by atoms with E-state index in [1.807, 2.05) is 0 Å². The summed E-state index contributed by atoms with van der Waals surface area (Å²) in [6.45, 7) is 2.34. The summed E-state index contributed by atoms with van der Waals surface area (Å²) in [5.41, 5.74) is 3.68. The van der Waals surface area contributed by atoms with E-state index in [1.165, 1.54) is 17.4 Å². The summed E-state index contributed by atoms with van der Waals surface area (Å²) in [7, 11) is 3.11. The zero-order valence-corrected chi connectivity index (χ0v) is 23.6. The lowest BCUT2D eigenvalue weighted by atomic mass is 9.52. The van der Waals surface area contributed by atoms with Gasteiger partial charge in [0.2, 0.25) is 5.91 Å². The molecule has 4 N–H and O–H groups in total. The van der Waals surface area contributed by atoms with E-state index in [9.17, 15) is 34.2 Å². The van der Waals surface area contributed by atoms with Crippen LogP contribution in [0.25, 0.3) is 0 Å². The molecular weight excluding hydrogens is 538 g/mol. The molecule has 6 unspecified atom stereocenters. The summed E-state index contributed by atoms with van der Waals surface area (Å²) in [6, 6.07) is 0.336. The number of likely N-dealkylation sites (tertiary alicyclic amines) is 1. The number of hydrogen-bond donors (Lipinski definition) is 3. The molecular formula is C29H36ClN3O7. The number of Topliss-reactive ketones (excluding diaryl/α,β-unsaturated/α-hetero) is 4. The number of nitrogens with zero attached hydrogens (tertiary/aromatic N) is 2. The van der Waals surface area contributed by atoms with Crippen molar-refractivity contribution >= 4 is 40.6 Å². The van der Waals surface area contributed by atoms with Gasteiger partial charge in [-0.05, 0) is 76.0 Å². The van der Waals surface area contributed by atoms with Gasteiger partial charge >= 0.3 is 0 Å². The van der Waals surface area contributed by atoms with E-state index < -0.39 is 64.4 Å². The Morgan fingerprint density at radius 1 is 1.10 bits per heavy atom. The van der Waals surface area contributed by atoms with Crippen LogP contribution in [0.4, 0.5) is 0 Å². The van der Waals surface area contributed by atoms with Crippen LogP contribution in [0.1, 0.15) is 60.0 Å². The molecule has 0 radical (unpaired) electrons. The molecule has 10 nitrogen and oxygen atoms in total. The van der Waals surface area contributed by atoms with Gasteiger partial charge in [0.05, 0.1) is 17.5 Å². The van der Waals surface area contributed by atoms with E-state index >= 15 is 0 Å². The highest BCUT2D eigenvalue weighted by Gasteiger charge is 2.69. The number of aliphatic hydroxyl groups is 1. The number of hydrogen-bond acceptors (Lipinski definition) is 9. The molecule has 5 rings (SSSR count). The number of carbonyl (C=O) groups is 5. The Balaban J connectivity index is 1.53. The highest BCUT2D eigenvalue weighted by Crippen LogP contribution is 2.51. The fourth-order valence-corrected chi connectivity index (χ4v) is 7.82. The van der Waals surface area contributed by atoms with Gasteiger partial charge in [-0.25, -0.2) is 0 Å². The van der Waals surface area contributed by atoms with Crippen molar-refractivity contribution in [2.45, 2.75) is 63.1 Å². The summed E-state index contributed by atoms with van der Waals surface area (Å²) in [6.07, 6.45) is 5.86. The number of ketones is 4. The second-order valence-electron chi connectivity index (χ2n) is 12.1. The number of halogens is 1. The van der Waals surface area contributed by atoms with Gasteiger partial charge in [-0.15, -0.1) is 0 Å². The predicted octanol–water partition coefficient (Wildman–Crippen LogP) is 1.29. The molecule has 1 heterocycles. The van der Waals surface area contributed by atoms with Gasteiger partial charge in [-0.3, -0.25) is 33.8 Å².